The van der Waals surface area contributed by atoms with Gasteiger partial charge in [0.2, 0.25) is 0 Å². The molecule has 0 spiro atoms. The van der Waals surface area contributed by atoms with Crippen LogP contribution in [0.3, 0.4) is 0 Å². The molecule has 3 nitrogen and oxygen atoms in total. The Morgan fingerprint density at radius 2 is 2.11 bits per heavy atom. The molecule has 2 rings (SSSR count). The molecule has 1 unspecified atom stereocenters. The summed E-state index contributed by atoms with van der Waals surface area (Å²) >= 11 is 0. The van der Waals surface area contributed by atoms with E-state index in [0.717, 1.165) is 31.2 Å². The van der Waals surface area contributed by atoms with Crippen LogP contribution in [0, 0.1) is 11.3 Å². The van der Waals surface area contributed by atoms with E-state index in [4.69, 9.17) is 0 Å². The standard InChI is InChI=1S/C16H22N2O/c1-2-6-15(19)11-18-14-9-16(10-14,12-17)13-7-4-3-5-8-13/h3-5,7-8,14-15,18-19H,2,6,9-11H2,1H3. The monoisotopic (exact) mass is 258 g/mol. The molecule has 1 aromatic rings. The minimum atomic E-state index is -0.325. The van der Waals surface area contributed by atoms with E-state index in [2.05, 4.69) is 18.3 Å². The lowest BCUT2D eigenvalue weighted by molar-refractivity contribution is 0.137. The fourth-order valence-electron chi connectivity index (χ4n) is 2.81. The van der Waals surface area contributed by atoms with Gasteiger partial charge in [-0.3, -0.25) is 0 Å². The van der Waals surface area contributed by atoms with E-state index < -0.39 is 0 Å². The van der Waals surface area contributed by atoms with Gasteiger partial charge in [0, 0.05) is 12.6 Å². The average Bonchev–Trinajstić information content (AvgIpc) is 2.39. The van der Waals surface area contributed by atoms with Crippen molar-refractivity contribution >= 4 is 0 Å². The highest BCUT2D eigenvalue weighted by Crippen LogP contribution is 2.43. The summed E-state index contributed by atoms with van der Waals surface area (Å²) in [6.45, 7) is 2.71. The van der Waals surface area contributed by atoms with Crippen LogP contribution in [0.4, 0.5) is 0 Å². The van der Waals surface area contributed by atoms with Crippen molar-refractivity contribution in [3.05, 3.63) is 35.9 Å². The fraction of sp³-hybridized carbons (Fsp3) is 0.562. The van der Waals surface area contributed by atoms with Crippen molar-refractivity contribution in [2.75, 3.05) is 6.54 Å². The van der Waals surface area contributed by atoms with Gasteiger partial charge in [0.15, 0.2) is 0 Å². The first-order valence-electron chi connectivity index (χ1n) is 7.08. The van der Waals surface area contributed by atoms with Crippen LogP contribution in [-0.4, -0.2) is 23.8 Å². The van der Waals surface area contributed by atoms with Gasteiger partial charge >= 0.3 is 0 Å². The van der Waals surface area contributed by atoms with E-state index in [1.165, 1.54) is 0 Å². The zero-order valence-corrected chi connectivity index (χ0v) is 11.5. The van der Waals surface area contributed by atoms with Crippen molar-refractivity contribution < 1.29 is 5.11 Å². The Balaban J connectivity index is 1.85. The number of nitrogens with zero attached hydrogens (tertiary/aromatic N) is 1. The molecule has 102 valence electrons. The van der Waals surface area contributed by atoms with Crippen molar-refractivity contribution in [2.24, 2.45) is 0 Å². The van der Waals surface area contributed by atoms with Gasteiger partial charge in [-0.15, -0.1) is 0 Å². The number of rotatable bonds is 6. The smallest absolute Gasteiger partial charge is 0.0852 e. The largest absolute Gasteiger partial charge is 0.392 e. The van der Waals surface area contributed by atoms with Gasteiger partial charge in [0.25, 0.3) is 0 Å². The molecule has 0 aromatic heterocycles. The van der Waals surface area contributed by atoms with Gasteiger partial charge in [0.05, 0.1) is 17.6 Å². The van der Waals surface area contributed by atoms with Crippen LogP contribution in [0.2, 0.25) is 0 Å². The Morgan fingerprint density at radius 1 is 1.42 bits per heavy atom. The number of aliphatic hydroxyl groups excluding tert-OH is 1. The van der Waals surface area contributed by atoms with E-state index in [1.54, 1.807) is 0 Å². The molecule has 0 bridgehead atoms. The summed E-state index contributed by atoms with van der Waals surface area (Å²) in [6, 6.07) is 12.8. The summed E-state index contributed by atoms with van der Waals surface area (Å²) in [4.78, 5) is 0. The highest BCUT2D eigenvalue weighted by Gasteiger charge is 2.45. The molecule has 1 atom stereocenters. The highest BCUT2D eigenvalue weighted by atomic mass is 16.3. The topological polar surface area (TPSA) is 56.0 Å². The lowest BCUT2D eigenvalue weighted by atomic mass is 9.62. The number of nitriles is 1. The molecule has 1 aromatic carbocycles. The number of aliphatic hydroxyl groups is 1. The van der Waals surface area contributed by atoms with Crippen LogP contribution in [-0.2, 0) is 5.41 Å². The van der Waals surface area contributed by atoms with Crippen molar-refractivity contribution in [3.8, 4) is 6.07 Å². The predicted octanol–water partition coefficient (Wildman–Crippen LogP) is 2.36. The summed E-state index contributed by atoms with van der Waals surface area (Å²) < 4.78 is 0. The van der Waals surface area contributed by atoms with Crippen LogP contribution in [0.15, 0.2) is 30.3 Å². The van der Waals surface area contributed by atoms with E-state index >= 15 is 0 Å². The molecule has 0 aliphatic heterocycles. The van der Waals surface area contributed by atoms with E-state index in [9.17, 15) is 10.4 Å². The molecule has 0 amide bonds. The first-order chi connectivity index (χ1) is 9.20. The lowest BCUT2D eigenvalue weighted by Gasteiger charge is -2.43. The molecule has 1 aliphatic carbocycles. The normalized spacial score (nSPS) is 27.3. The van der Waals surface area contributed by atoms with Gasteiger partial charge in [0.1, 0.15) is 0 Å². The lowest BCUT2D eigenvalue weighted by Crippen LogP contribution is -2.52. The third kappa shape index (κ3) is 3.15. The van der Waals surface area contributed by atoms with E-state index in [1.807, 2.05) is 30.3 Å². The van der Waals surface area contributed by atoms with Crippen LogP contribution in [0.25, 0.3) is 0 Å². The zero-order chi connectivity index (χ0) is 13.7. The maximum atomic E-state index is 9.69. The quantitative estimate of drug-likeness (QED) is 0.823. The first-order valence-corrected chi connectivity index (χ1v) is 7.08. The van der Waals surface area contributed by atoms with E-state index in [-0.39, 0.29) is 11.5 Å². The molecular formula is C16H22N2O. The Kier molecular flexibility index (Phi) is 4.57. The molecule has 1 fully saturated rings. The third-order valence-electron chi connectivity index (χ3n) is 3.99. The van der Waals surface area contributed by atoms with Gasteiger partial charge in [-0.25, -0.2) is 0 Å². The Bertz CT molecular complexity index is 432. The van der Waals surface area contributed by atoms with Crippen LogP contribution in [0.1, 0.15) is 38.2 Å². The summed E-state index contributed by atoms with van der Waals surface area (Å²) in [5, 5.41) is 22.5. The van der Waals surface area contributed by atoms with Gasteiger partial charge in [-0.2, -0.15) is 5.26 Å². The maximum absolute atomic E-state index is 9.69. The van der Waals surface area contributed by atoms with Crippen molar-refractivity contribution in [3.63, 3.8) is 0 Å². The van der Waals surface area contributed by atoms with Crippen LogP contribution >= 0.6 is 0 Å². The Morgan fingerprint density at radius 3 is 2.68 bits per heavy atom. The second-order valence-corrected chi connectivity index (χ2v) is 5.52. The minimum absolute atomic E-state index is 0.265. The zero-order valence-electron chi connectivity index (χ0n) is 11.5. The second kappa shape index (κ2) is 6.18. The Hall–Kier alpha value is -1.37. The van der Waals surface area contributed by atoms with Crippen LogP contribution in [0.5, 0.6) is 0 Å². The minimum Gasteiger partial charge on any atom is -0.392 e. The number of hydrogen-bond acceptors (Lipinski definition) is 3. The summed E-state index contributed by atoms with van der Waals surface area (Å²) in [5.41, 5.74) is 0.791. The Labute approximate surface area is 115 Å². The molecule has 1 aliphatic rings. The third-order valence-corrected chi connectivity index (χ3v) is 3.99. The van der Waals surface area contributed by atoms with Gasteiger partial charge in [-0.1, -0.05) is 43.7 Å². The highest BCUT2D eigenvalue weighted by molar-refractivity contribution is 5.36. The molecule has 0 heterocycles. The molecule has 0 radical (unpaired) electrons. The fourth-order valence-corrected chi connectivity index (χ4v) is 2.81. The average molecular weight is 258 g/mol. The number of hydrogen-bond donors (Lipinski definition) is 2. The molecule has 1 saturated carbocycles. The summed E-state index contributed by atoms with van der Waals surface area (Å²) in [7, 11) is 0. The molecule has 0 saturated heterocycles. The first kappa shape index (κ1) is 14.0. The molecule has 3 heteroatoms. The van der Waals surface area contributed by atoms with Gasteiger partial charge in [-0.05, 0) is 24.8 Å². The second-order valence-electron chi connectivity index (χ2n) is 5.52. The molecule has 2 N–H and O–H groups in total. The molecule has 19 heavy (non-hydrogen) atoms. The van der Waals surface area contributed by atoms with Gasteiger partial charge < -0.3 is 10.4 Å². The summed E-state index contributed by atoms with van der Waals surface area (Å²) in [5.74, 6) is 0. The van der Waals surface area contributed by atoms with E-state index in [0.29, 0.717) is 12.6 Å². The SMILES string of the molecule is CCCC(O)CNC1CC(C#N)(c2ccccc2)C1. The predicted molar refractivity (Wildman–Crippen MR) is 75.7 cm³/mol. The van der Waals surface area contributed by atoms with Crippen LogP contribution < -0.4 is 5.32 Å². The number of benzene rings is 1. The summed E-state index contributed by atoms with van der Waals surface area (Å²) in [6.07, 6.45) is 3.25. The van der Waals surface area contributed by atoms with Crippen molar-refractivity contribution in [2.45, 2.75) is 50.2 Å². The number of nitrogens with one attached hydrogen (secondary N) is 1. The maximum Gasteiger partial charge on any atom is 0.0852 e. The van der Waals surface area contributed by atoms with Crippen molar-refractivity contribution in [1.29, 1.82) is 5.26 Å². The molecular weight excluding hydrogens is 236 g/mol. The van der Waals surface area contributed by atoms with Crippen molar-refractivity contribution in [1.82, 2.24) is 5.32 Å².